The molecule has 4 aromatic rings. The van der Waals surface area contributed by atoms with Gasteiger partial charge in [-0.15, -0.1) is 0 Å². The van der Waals surface area contributed by atoms with E-state index in [1.54, 1.807) is 17.1 Å². The molecule has 3 amide bonds. The summed E-state index contributed by atoms with van der Waals surface area (Å²) in [6, 6.07) is 18.5. The summed E-state index contributed by atoms with van der Waals surface area (Å²) in [6.07, 6.45) is 6.87. The predicted molar refractivity (Wildman–Crippen MR) is 144 cm³/mol. The lowest BCUT2D eigenvalue weighted by Crippen LogP contribution is -2.29. The van der Waals surface area contributed by atoms with Crippen LogP contribution in [0.5, 0.6) is 0 Å². The van der Waals surface area contributed by atoms with E-state index in [1.165, 1.54) is 12.8 Å². The molecule has 0 atom stereocenters. The minimum atomic E-state index is -0.301. The van der Waals surface area contributed by atoms with Crippen molar-refractivity contribution in [2.45, 2.75) is 25.8 Å². The number of hydrogen-bond acceptors (Lipinski definition) is 5. The lowest BCUT2D eigenvalue weighted by atomic mass is 10.2. The molecule has 1 fully saturated rings. The van der Waals surface area contributed by atoms with Crippen LogP contribution in [0, 0.1) is 0 Å². The largest absolute Gasteiger partial charge is 0.351 e. The topological polar surface area (TPSA) is 104 Å². The van der Waals surface area contributed by atoms with Gasteiger partial charge in [0.2, 0.25) is 0 Å². The average molecular weight is 498 g/mol. The van der Waals surface area contributed by atoms with Crippen LogP contribution >= 0.6 is 0 Å². The smallest absolute Gasteiger partial charge is 0.319 e. The number of hydrogen-bond donors (Lipinski definition) is 3. The molecular formula is C28H31N7O2. The van der Waals surface area contributed by atoms with Gasteiger partial charge in [0, 0.05) is 36.6 Å². The summed E-state index contributed by atoms with van der Waals surface area (Å²) in [5, 5.41) is 14.1. The van der Waals surface area contributed by atoms with Crippen molar-refractivity contribution in [1.82, 2.24) is 30.3 Å². The van der Waals surface area contributed by atoms with Crippen molar-refractivity contribution in [2.75, 3.05) is 31.5 Å². The number of benzene rings is 2. The number of carbonyl (C=O) groups is 2. The first-order valence-corrected chi connectivity index (χ1v) is 12.7. The number of anilines is 1. The summed E-state index contributed by atoms with van der Waals surface area (Å²) in [5.74, 6) is -0.167. The second-order valence-electron chi connectivity index (χ2n) is 9.15. The molecule has 0 unspecified atom stereocenters. The third-order valence-electron chi connectivity index (χ3n) is 6.48. The summed E-state index contributed by atoms with van der Waals surface area (Å²) in [6.45, 7) is 4.35. The van der Waals surface area contributed by atoms with Crippen LogP contribution in [0.2, 0.25) is 0 Å². The fraction of sp³-hybridized carbons (Fsp3) is 0.286. The minimum absolute atomic E-state index is 0.167. The van der Waals surface area contributed by atoms with Crippen LogP contribution in [-0.4, -0.2) is 57.8 Å². The number of rotatable bonds is 9. The Bertz CT molecular complexity index is 1350. The molecule has 2 aromatic heterocycles. The van der Waals surface area contributed by atoms with Crippen molar-refractivity contribution < 1.29 is 9.59 Å². The average Bonchev–Trinajstić information content (AvgIpc) is 3.59. The number of para-hydroxylation sites is 1. The van der Waals surface area contributed by atoms with E-state index < -0.39 is 0 Å². The number of pyridine rings is 1. The van der Waals surface area contributed by atoms with Crippen LogP contribution in [0.1, 0.15) is 35.3 Å². The fourth-order valence-electron chi connectivity index (χ4n) is 4.57. The van der Waals surface area contributed by atoms with Gasteiger partial charge >= 0.3 is 6.03 Å². The lowest BCUT2D eigenvalue weighted by Gasteiger charge is -2.14. The first-order chi connectivity index (χ1) is 18.2. The molecule has 1 saturated heterocycles. The normalized spacial score (nSPS) is 13.5. The molecule has 5 rings (SSSR count). The fourth-order valence-corrected chi connectivity index (χ4v) is 4.57. The summed E-state index contributed by atoms with van der Waals surface area (Å²) in [5.41, 5.74) is 3.63. The Morgan fingerprint density at radius 1 is 0.919 bits per heavy atom. The van der Waals surface area contributed by atoms with Gasteiger partial charge in [-0.2, -0.15) is 5.10 Å². The van der Waals surface area contributed by atoms with Gasteiger partial charge in [-0.05, 0) is 80.9 Å². The molecular weight excluding hydrogens is 466 g/mol. The third kappa shape index (κ3) is 6.13. The van der Waals surface area contributed by atoms with Gasteiger partial charge in [0.15, 0.2) is 5.69 Å². The SMILES string of the molecule is O=C(NCc1cccnc1)Nc1ccc(-n2nc(C(=O)NCCCN3CCCC3)c3ccccc32)cc1. The molecule has 2 aromatic carbocycles. The number of nitrogens with zero attached hydrogens (tertiary/aromatic N) is 4. The van der Waals surface area contributed by atoms with Gasteiger partial charge in [-0.1, -0.05) is 24.3 Å². The Morgan fingerprint density at radius 2 is 1.73 bits per heavy atom. The summed E-state index contributed by atoms with van der Waals surface area (Å²) < 4.78 is 1.76. The highest BCUT2D eigenvalue weighted by Crippen LogP contribution is 2.23. The lowest BCUT2D eigenvalue weighted by molar-refractivity contribution is 0.0948. The van der Waals surface area contributed by atoms with Crippen molar-refractivity contribution in [3.05, 3.63) is 84.3 Å². The molecule has 1 aliphatic rings. The molecule has 190 valence electrons. The summed E-state index contributed by atoms with van der Waals surface area (Å²) >= 11 is 0. The molecule has 0 aliphatic carbocycles. The highest BCUT2D eigenvalue weighted by atomic mass is 16.2. The van der Waals surface area contributed by atoms with Crippen molar-refractivity contribution >= 4 is 28.5 Å². The van der Waals surface area contributed by atoms with Gasteiger partial charge in [0.05, 0.1) is 11.2 Å². The van der Waals surface area contributed by atoms with E-state index in [2.05, 4.69) is 30.9 Å². The highest BCUT2D eigenvalue weighted by Gasteiger charge is 2.18. The molecule has 9 heteroatoms. The van der Waals surface area contributed by atoms with Crippen molar-refractivity contribution in [3.8, 4) is 5.69 Å². The number of amides is 3. The molecule has 1 aliphatic heterocycles. The molecule has 3 heterocycles. The van der Waals surface area contributed by atoms with Gasteiger partial charge in [-0.3, -0.25) is 9.78 Å². The van der Waals surface area contributed by atoms with E-state index >= 15 is 0 Å². The molecule has 0 bridgehead atoms. The third-order valence-corrected chi connectivity index (χ3v) is 6.48. The Morgan fingerprint density at radius 3 is 2.51 bits per heavy atom. The first kappa shape index (κ1) is 24.5. The number of likely N-dealkylation sites (tertiary alicyclic amines) is 1. The monoisotopic (exact) mass is 497 g/mol. The Kier molecular flexibility index (Phi) is 7.71. The van der Waals surface area contributed by atoms with E-state index in [0.29, 0.717) is 24.5 Å². The number of nitrogens with one attached hydrogen (secondary N) is 3. The number of fused-ring (bicyclic) bond motifs is 1. The zero-order chi connectivity index (χ0) is 25.5. The quantitative estimate of drug-likeness (QED) is 0.304. The Labute approximate surface area is 215 Å². The number of aromatic nitrogens is 3. The summed E-state index contributed by atoms with van der Waals surface area (Å²) in [7, 11) is 0. The van der Waals surface area contributed by atoms with E-state index in [4.69, 9.17) is 0 Å². The van der Waals surface area contributed by atoms with E-state index in [-0.39, 0.29) is 11.9 Å². The molecule has 9 nitrogen and oxygen atoms in total. The van der Waals surface area contributed by atoms with Gasteiger partial charge in [-0.25, -0.2) is 9.48 Å². The Hall–Kier alpha value is -4.24. The molecule has 3 N–H and O–H groups in total. The van der Waals surface area contributed by atoms with E-state index in [1.807, 2.05) is 60.7 Å². The zero-order valence-electron chi connectivity index (χ0n) is 20.7. The van der Waals surface area contributed by atoms with Crippen LogP contribution in [0.15, 0.2) is 73.1 Å². The molecule has 0 radical (unpaired) electrons. The van der Waals surface area contributed by atoms with Crippen LogP contribution in [0.25, 0.3) is 16.6 Å². The van der Waals surface area contributed by atoms with Crippen LogP contribution in [0.4, 0.5) is 10.5 Å². The van der Waals surface area contributed by atoms with Gasteiger partial charge in [0.25, 0.3) is 5.91 Å². The van der Waals surface area contributed by atoms with Crippen LogP contribution in [0.3, 0.4) is 0 Å². The maximum absolute atomic E-state index is 13.0. The Balaban J connectivity index is 1.23. The van der Waals surface area contributed by atoms with Crippen LogP contribution < -0.4 is 16.0 Å². The second kappa shape index (κ2) is 11.7. The standard InChI is InChI=1S/C28H31N7O2/c36-27(30-15-6-18-34-16-3-4-17-34)26-24-8-1-2-9-25(24)35(33-26)23-12-10-22(11-13-23)32-28(37)31-20-21-7-5-14-29-19-21/h1-2,5,7-14,19H,3-4,6,15-18,20H2,(H,30,36)(H2,31,32,37). The van der Waals surface area contributed by atoms with E-state index in [0.717, 1.165) is 48.2 Å². The molecule has 37 heavy (non-hydrogen) atoms. The predicted octanol–water partition coefficient (Wildman–Crippen LogP) is 3.96. The van der Waals surface area contributed by atoms with Crippen LogP contribution in [-0.2, 0) is 6.54 Å². The maximum Gasteiger partial charge on any atom is 0.319 e. The van der Waals surface area contributed by atoms with E-state index in [9.17, 15) is 9.59 Å². The van der Waals surface area contributed by atoms with Crippen molar-refractivity contribution in [3.63, 3.8) is 0 Å². The minimum Gasteiger partial charge on any atom is -0.351 e. The number of carbonyl (C=O) groups excluding carboxylic acids is 2. The maximum atomic E-state index is 13.0. The van der Waals surface area contributed by atoms with Crippen molar-refractivity contribution in [2.24, 2.45) is 0 Å². The number of urea groups is 1. The molecule has 0 spiro atoms. The van der Waals surface area contributed by atoms with Crippen molar-refractivity contribution in [1.29, 1.82) is 0 Å². The highest BCUT2D eigenvalue weighted by molar-refractivity contribution is 6.05. The first-order valence-electron chi connectivity index (χ1n) is 12.7. The van der Waals surface area contributed by atoms with Gasteiger partial charge < -0.3 is 20.9 Å². The van der Waals surface area contributed by atoms with Gasteiger partial charge in [0.1, 0.15) is 0 Å². The summed E-state index contributed by atoms with van der Waals surface area (Å²) in [4.78, 5) is 31.7. The molecule has 0 saturated carbocycles. The second-order valence-corrected chi connectivity index (χ2v) is 9.15. The zero-order valence-corrected chi connectivity index (χ0v) is 20.7.